The highest BCUT2D eigenvalue weighted by Crippen LogP contribution is 2.34. The van der Waals surface area contributed by atoms with Crippen molar-refractivity contribution in [2.24, 2.45) is 0 Å². The highest BCUT2D eigenvalue weighted by molar-refractivity contribution is 6.31. The number of imidazole rings is 1. The molecule has 0 aliphatic carbocycles. The third kappa shape index (κ3) is 3.41. The quantitative estimate of drug-likeness (QED) is 0.414. The minimum Gasteiger partial charge on any atom is -0.377 e. The molecule has 0 atom stereocenters. The van der Waals surface area contributed by atoms with Crippen molar-refractivity contribution in [2.45, 2.75) is 26.4 Å². The molecular formula is C22H20ClN5O2. The van der Waals surface area contributed by atoms with E-state index >= 15 is 0 Å². The van der Waals surface area contributed by atoms with Gasteiger partial charge in [0.05, 0.1) is 43.2 Å². The number of methoxy groups -OCH3 is 1. The Morgan fingerprint density at radius 3 is 2.73 bits per heavy atom. The van der Waals surface area contributed by atoms with Crippen molar-refractivity contribution in [2.75, 3.05) is 7.11 Å². The number of hydrogen-bond donors (Lipinski definition) is 0. The van der Waals surface area contributed by atoms with Crippen molar-refractivity contribution in [3.8, 4) is 17.1 Å². The Morgan fingerprint density at radius 1 is 1.03 bits per heavy atom. The van der Waals surface area contributed by atoms with Crippen LogP contribution in [0.15, 0.2) is 54.9 Å². The monoisotopic (exact) mass is 421 g/mol. The summed E-state index contributed by atoms with van der Waals surface area (Å²) >= 11 is 6.30. The average Bonchev–Trinajstić information content (AvgIpc) is 3.31. The van der Waals surface area contributed by atoms with Gasteiger partial charge in [0.25, 0.3) is 0 Å². The van der Waals surface area contributed by atoms with E-state index in [1.54, 1.807) is 7.11 Å². The summed E-state index contributed by atoms with van der Waals surface area (Å²) in [6.45, 7) is 1.89. The van der Waals surface area contributed by atoms with Crippen molar-refractivity contribution in [3.05, 3.63) is 82.7 Å². The number of fused-ring (bicyclic) bond motifs is 5. The summed E-state index contributed by atoms with van der Waals surface area (Å²) in [6.07, 6.45) is 1.83. The summed E-state index contributed by atoms with van der Waals surface area (Å²) in [5.41, 5.74) is 4.92. The maximum Gasteiger partial charge on any atom is 0.166 e. The van der Waals surface area contributed by atoms with Crippen LogP contribution in [0.25, 0.3) is 17.1 Å². The zero-order valence-electron chi connectivity index (χ0n) is 16.5. The molecule has 30 heavy (non-hydrogen) atoms. The van der Waals surface area contributed by atoms with E-state index in [1.165, 1.54) is 0 Å². The predicted molar refractivity (Wildman–Crippen MR) is 112 cm³/mol. The first-order valence-corrected chi connectivity index (χ1v) is 10.0. The first-order chi connectivity index (χ1) is 14.7. The predicted octanol–water partition coefficient (Wildman–Crippen LogP) is 4.01. The van der Waals surface area contributed by atoms with Gasteiger partial charge in [-0.3, -0.25) is 0 Å². The second-order valence-electron chi connectivity index (χ2n) is 7.11. The van der Waals surface area contributed by atoms with Crippen molar-refractivity contribution < 1.29 is 9.47 Å². The molecule has 0 fully saturated rings. The Bertz CT molecular complexity index is 1190. The van der Waals surface area contributed by atoms with Gasteiger partial charge in [-0.1, -0.05) is 41.9 Å². The molecule has 0 amide bonds. The van der Waals surface area contributed by atoms with E-state index in [4.69, 9.17) is 21.1 Å². The first-order valence-electron chi connectivity index (χ1n) is 9.62. The molecule has 0 spiro atoms. The van der Waals surface area contributed by atoms with E-state index in [0.717, 1.165) is 39.9 Å². The lowest BCUT2D eigenvalue weighted by atomic mass is 10.1. The van der Waals surface area contributed by atoms with E-state index in [2.05, 4.69) is 24.3 Å². The summed E-state index contributed by atoms with van der Waals surface area (Å²) in [4.78, 5) is 4.64. The third-order valence-electron chi connectivity index (χ3n) is 5.17. The van der Waals surface area contributed by atoms with Crippen LogP contribution in [0.2, 0.25) is 5.02 Å². The van der Waals surface area contributed by atoms with Crippen molar-refractivity contribution in [1.29, 1.82) is 0 Å². The fourth-order valence-corrected chi connectivity index (χ4v) is 3.90. The Labute approximate surface area is 178 Å². The van der Waals surface area contributed by atoms with E-state index in [0.29, 0.717) is 31.4 Å². The SMILES string of the molecule is COCc1nnc2n1Cc1c(COCc3ccccc3)ncn1-c1ccc(Cl)cc1-2. The van der Waals surface area contributed by atoms with Crippen LogP contribution < -0.4 is 0 Å². The maximum atomic E-state index is 6.30. The summed E-state index contributed by atoms with van der Waals surface area (Å²) in [5, 5.41) is 9.40. The van der Waals surface area contributed by atoms with E-state index in [-0.39, 0.29) is 0 Å². The highest BCUT2D eigenvalue weighted by atomic mass is 35.5. The molecule has 0 N–H and O–H groups in total. The minimum atomic E-state index is 0.372. The molecule has 1 aliphatic heterocycles. The molecule has 7 nitrogen and oxygen atoms in total. The van der Waals surface area contributed by atoms with Crippen molar-refractivity contribution >= 4 is 11.6 Å². The Balaban J connectivity index is 1.52. The van der Waals surface area contributed by atoms with Gasteiger partial charge in [-0.2, -0.15) is 0 Å². The number of rotatable bonds is 6. The highest BCUT2D eigenvalue weighted by Gasteiger charge is 2.26. The summed E-state index contributed by atoms with van der Waals surface area (Å²) < 4.78 is 15.4. The second kappa shape index (κ2) is 8.02. The molecule has 0 saturated carbocycles. The third-order valence-corrected chi connectivity index (χ3v) is 5.41. The summed E-state index contributed by atoms with van der Waals surface area (Å²) in [7, 11) is 1.65. The number of nitrogens with zero attached hydrogens (tertiary/aromatic N) is 5. The van der Waals surface area contributed by atoms with Crippen molar-refractivity contribution in [1.82, 2.24) is 24.3 Å². The van der Waals surface area contributed by atoms with Crippen LogP contribution in [-0.4, -0.2) is 31.4 Å². The average molecular weight is 422 g/mol. The van der Waals surface area contributed by atoms with Crippen LogP contribution in [0.3, 0.4) is 0 Å². The normalized spacial score (nSPS) is 12.2. The second-order valence-corrected chi connectivity index (χ2v) is 7.54. The zero-order valence-corrected chi connectivity index (χ0v) is 17.2. The first kappa shape index (κ1) is 19.0. The van der Waals surface area contributed by atoms with Crippen LogP contribution in [-0.2, 0) is 35.8 Å². The van der Waals surface area contributed by atoms with Gasteiger partial charge in [-0.15, -0.1) is 10.2 Å². The lowest BCUT2D eigenvalue weighted by Crippen LogP contribution is -2.10. The van der Waals surface area contributed by atoms with Gasteiger partial charge in [0.1, 0.15) is 6.61 Å². The summed E-state index contributed by atoms with van der Waals surface area (Å²) in [6, 6.07) is 15.9. The van der Waals surface area contributed by atoms with Gasteiger partial charge in [-0.25, -0.2) is 4.98 Å². The molecule has 0 unspecified atom stereocenters. The Morgan fingerprint density at radius 2 is 1.90 bits per heavy atom. The zero-order chi connectivity index (χ0) is 20.5. The van der Waals surface area contributed by atoms with Gasteiger partial charge in [-0.05, 0) is 23.8 Å². The lowest BCUT2D eigenvalue weighted by molar-refractivity contribution is 0.104. The molecule has 0 saturated heterocycles. The molecule has 3 heterocycles. The number of halogens is 1. The maximum absolute atomic E-state index is 6.30. The molecule has 4 aromatic rings. The van der Waals surface area contributed by atoms with Crippen LogP contribution in [0.1, 0.15) is 22.8 Å². The van der Waals surface area contributed by atoms with Crippen LogP contribution in [0, 0.1) is 0 Å². The number of hydrogen-bond acceptors (Lipinski definition) is 5. The summed E-state index contributed by atoms with van der Waals surface area (Å²) in [5.74, 6) is 1.52. The van der Waals surface area contributed by atoms with Crippen LogP contribution >= 0.6 is 11.6 Å². The molecular weight excluding hydrogens is 402 g/mol. The fourth-order valence-electron chi connectivity index (χ4n) is 3.73. The van der Waals surface area contributed by atoms with Gasteiger partial charge >= 0.3 is 0 Å². The Kier molecular flexibility index (Phi) is 5.08. The van der Waals surface area contributed by atoms with E-state index in [9.17, 15) is 0 Å². The largest absolute Gasteiger partial charge is 0.377 e. The number of benzene rings is 2. The number of ether oxygens (including phenoxy) is 2. The molecule has 0 radical (unpaired) electrons. The molecule has 2 aromatic heterocycles. The van der Waals surface area contributed by atoms with Gasteiger partial charge < -0.3 is 18.6 Å². The topological polar surface area (TPSA) is 67.0 Å². The smallest absolute Gasteiger partial charge is 0.166 e. The fraction of sp³-hybridized carbons (Fsp3) is 0.227. The molecule has 5 rings (SSSR count). The minimum absolute atomic E-state index is 0.372. The molecule has 152 valence electrons. The molecule has 8 heteroatoms. The van der Waals surface area contributed by atoms with E-state index < -0.39 is 0 Å². The van der Waals surface area contributed by atoms with Gasteiger partial charge in [0, 0.05) is 17.7 Å². The number of aromatic nitrogens is 5. The lowest BCUT2D eigenvalue weighted by Gasteiger charge is -2.10. The molecule has 0 bridgehead atoms. The molecule has 1 aliphatic rings. The standard InChI is InChI=1S/C22H20ClN5O2/c1-29-13-21-25-26-22-17-9-16(23)7-8-19(17)28-14-24-18(20(28)10-27(21)22)12-30-11-15-5-3-2-4-6-15/h2-9,14H,10-13H2,1H3. The van der Waals surface area contributed by atoms with Gasteiger partial charge in [0.15, 0.2) is 11.6 Å². The van der Waals surface area contributed by atoms with Crippen LogP contribution in [0.4, 0.5) is 0 Å². The van der Waals surface area contributed by atoms with Crippen LogP contribution in [0.5, 0.6) is 0 Å². The van der Waals surface area contributed by atoms with Crippen molar-refractivity contribution in [3.63, 3.8) is 0 Å². The van der Waals surface area contributed by atoms with E-state index in [1.807, 2.05) is 54.9 Å². The van der Waals surface area contributed by atoms with Gasteiger partial charge in [0.2, 0.25) is 0 Å². The Hall–Kier alpha value is -3.00. The molecule has 2 aromatic carbocycles.